The number of carboxylic acid groups (broad SMARTS) is 1. The maximum Gasteiger partial charge on any atom is 0.303 e. The maximum atomic E-state index is 11.2. The third-order valence-electron chi connectivity index (χ3n) is 2.99. The highest BCUT2D eigenvalue weighted by molar-refractivity contribution is 5.80. The summed E-state index contributed by atoms with van der Waals surface area (Å²) in [5.74, 6) is -1.08. The van der Waals surface area contributed by atoms with Gasteiger partial charge in [0.1, 0.15) is 0 Å². The average molecular weight is 242 g/mol. The fourth-order valence-corrected chi connectivity index (χ4v) is 2.00. The molecule has 0 aromatic heterocycles. The lowest BCUT2D eigenvalue weighted by Crippen LogP contribution is -2.26. The Bertz CT molecular complexity index is 250. The standard InChI is InChI=1S/C12H22N2O3/c15-11(5-6-12(16)17)13-7-1-2-8-14-9-3-4-10-14/h1-10H2,(H,13,15)(H,16,17). The van der Waals surface area contributed by atoms with Crippen LogP contribution < -0.4 is 5.32 Å². The Morgan fingerprint density at radius 2 is 1.82 bits per heavy atom. The third-order valence-corrected chi connectivity index (χ3v) is 2.99. The number of nitrogens with zero attached hydrogens (tertiary/aromatic N) is 1. The van der Waals surface area contributed by atoms with Crippen molar-refractivity contribution in [2.24, 2.45) is 0 Å². The molecule has 1 aliphatic heterocycles. The fourth-order valence-electron chi connectivity index (χ4n) is 2.00. The van der Waals surface area contributed by atoms with Crippen molar-refractivity contribution in [1.29, 1.82) is 0 Å². The predicted octanol–water partition coefficient (Wildman–Crippen LogP) is 0.843. The highest BCUT2D eigenvalue weighted by Gasteiger charge is 2.10. The largest absolute Gasteiger partial charge is 0.481 e. The number of rotatable bonds is 8. The summed E-state index contributed by atoms with van der Waals surface area (Å²) >= 11 is 0. The molecule has 1 saturated heterocycles. The van der Waals surface area contributed by atoms with E-state index in [1.807, 2.05) is 0 Å². The molecule has 0 aromatic rings. The molecule has 0 saturated carbocycles. The van der Waals surface area contributed by atoms with E-state index < -0.39 is 5.97 Å². The number of likely N-dealkylation sites (tertiary alicyclic amines) is 1. The molecule has 0 aromatic carbocycles. The molecule has 0 unspecified atom stereocenters. The van der Waals surface area contributed by atoms with Gasteiger partial charge in [-0.1, -0.05) is 0 Å². The molecule has 0 radical (unpaired) electrons. The van der Waals surface area contributed by atoms with Crippen LogP contribution in [0, 0.1) is 0 Å². The zero-order chi connectivity index (χ0) is 12.5. The van der Waals surface area contributed by atoms with E-state index in [0.717, 1.165) is 19.4 Å². The average Bonchev–Trinajstić information content (AvgIpc) is 2.79. The molecular formula is C12H22N2O3. The van der Waals surface area contributed by atoms with Crippen molar-refractivity contribution in [3.8, 4) is 0 Å². The zero-order valence-electron chi connectivity index (χ0n) is 10.3. The summed E-state index contributed by atoms with van der Waals surface area (Å²) in [6.45, 7) is 4.20. The van der Waals surface area contributed by atoms with Crippen LogP contribution in [0.15, 0.2) is 0 Å². The Kier molecular flexibility index (Phi) is 6.62. The molecule has 0 spiro atoms. The summed E-state index contributed by atoms with van der Waals surface area (Å²) in [5, 5.41) is 11.2. The molecule has 0 aliphatic carbocycles. The summed E-state index contributed by atoms with van der Waals surface area (Å²) in [7, 11) is 0. The fraction of sp³-hybridized carbons (Fsp3) is 0.833. The van der Waals surface area contributed by atoms with Crippen LogP contribution in [0.4, 0.5) is 0 Å². The number of aliphatic carboxylic acids is 1. The van der Waals surface area contributed by atoms with E-state index >= 15 is 0 Å². The first-order chi connectivity index (χ1) is 8.18. The predicted molar refractivity (Wildman–Crippen MR) is 64.8 cm³/mol. The van der Waals surface area contributed by atoms with Gasteiger partial charge in [0.15, 0.2) is 0 Å². The minimum atomic E-state index is -0.922. The maximum absolute atomic E-state index is 11.2. The van der Waals surface area contributed by atoms with Crippen LogP contribution in [0.2, 0.25) is 0 Å². The number of hydrogen-bond acceptors (Lipinski definition) is 3. The minimum absolute atomic E-state index is 0.0837. The zero-order valence-corrected chi connectivity index (χ0v) is 10.3. The first-order valence-electron chi connectivity index (χ1n) is 6.39. The van der Waals surface area contributed by atoms with Crippen LogP contribution >= 0.6 is 0 Å². The Balaban J connectivity index is 1.89. The van der Waals surface area contributed by atoms with Crippen LogP contribution in [0.1, 0.15) is 38.5 Å². The van der Waals surface area contributed by atoms with E-state index in [-0.39, 0.29) is 18.7 Å². The number of hydrogen-bond donors (Lipinski definition) is 2. The second-order valence-corrected chi connectivity index (χ2v) is 4.50. The second kappa shape index (κ2) is 8.06. The first-order valence-corrected chi connectivity index (χ1v) is 6.39. The van der Waals surface area contributed by atoms with Crippen molar-refractivity contribution in [1.82, 2.24) is 10.2 Å². The summed E-state index contributed by atoms with van der Waals surface area (Å²) in [6.07, 6.45) is 4.69. The minimum Gasteiger partial charge on any atom is -0.481 e. The van der Waals surface area contributed by atoms with Crippen LogP contribution in [-0.2, 0) is 9.59 Å². The molecular weight excluding hydrogens is 220 g/mol. The molecule has 1 amide bonds. The summed E-state index contributed by atoms with van der Waals surface area (Å²) in [4.78, 5) is 23.9. The monoisotopic (exact) mass is 242 g/mol. The number of unbranched alkanes of at least 4 members (excludes halogenated alkanes) is 1. The molecule has 2 N–H and O–H groups in total. The molecule has 1 aliphatic rings. The van der Waals surface area contributed by atoms with Crippen molar-refractivity contribution in [2.75, 3.05) is 26.2 Å². The van der Waals surface area contributed by atoms with Crippen molar-refractivity contribution in [3.05, 3.63) is 0 Å². The van der Waals surface area contributed by atoms with Crippen LogP contribution in [0.5, 0.6) is 0 Å². The second-order valence-electron chi connectivity index (χ2n) is 4.50. The number of carboxylic acids is 1. The van der Waals surface area contributed by atoms with Gasteiger partial charge < -0.3 is 15.3 Å². The molecule has 0 atom stereocenters. The van der Waals surface area contributed by atoms with E-state index in [1.54, 1.807) is 0 Å². The molecule has 1 heterocycles. The van der Waals surface area contributed by atoms with Gasteiger partial charge in [-0.25, -0.2) is 0 Å². The number of nitrogens with one attached hydrogen (secondary N) is 1. The Hall–Kier alpha value is -1.10. The van der Waals surface area contributed by atoms with Crippen molar-refractivity contribution in [3.63, 3.8) is 0 Å². The quantitative estimate of drug-likeness (QED) is 0.619. The molecule has 5 heteroatoms. The third kappa shape index (κ3) is 6.94. The topological polar surface area (TPSA) is 69.6 Å². The lowest BCUT2D eigenvalue weighted by molar-refractivity contribution is -0.138. The van der Waals surface area contributed by atoms with Crippen LogP contribution in [0.3, 0.4) is 0 Å². The van der Waals surface area contributed by atoms with Gasteiger partial charge in [-0.15, -0.1) is 0 Å². The highest BCUT2D eigenvalue weighted by Crippen LogP contribution is 2.07. The van der Waals surface area contributed by atoms with Gasteiger partial charge in [0.2, 0.25) is 5.91 Å². The molecule has 5 nitrogen and oxygen atoms in total. The van der Waals surface area contributed by atoms with Crippen molar-refractivity contribution < 1.29 is 14.7 Å². The van der Waals surface area contributed by atoms with Gasteiger partial charge in [0, 0.05) is 13.0 Å². The molecule has 1 rings (SSSR count). The number of carbonyl (C=O) groups excluding carboxylic acids is 1. The molecule has 0 bridgehead atoms. The van der Waals surface area contributed by atoms with Gasteiger partial charge in [-0.05, 0) is 45.3 Å². The van der Waals surface area contributed by atoms with Crippen molar-refractivity contribution >= 4 is 11.9 Å². The van der Waals surface area contributed by atoms with Crippen LogP contribution in [0.25, 0.3) is 0 Å². The summed E-state index contributed by atoms with van der Waals surface area (Å²) in [6, 6.07) is 0. The Labute approximate surface area is 102 Å². The number of carbonyl (C=O) groups is 2. The van der Waals surface area contributed by atoms with Gasteiger partial charge in [0.25, 0.3) is 0 Å². The Morgan fingerprint density at radius 1 is 1.12 bits per heavy atom. The van der Waals surface area contributed by atoms with Crippen molar-refractivity contribution in [2.45, 2.75) is 38.5 Å². The van der Waals surface area contributed by atoms with E-state index in [2.05, 4.69) is 10.2 Å². The van der Waals surface area contributed by atoms with E-state index in [0.29, 0.717) is 6.54 Å². The van der Waals surface area contributed by atoms with Gasteiger partial charge in [-0.2, -0.15) is 0 Å². The lowest BCUT2D eigenvalue weighted by atomic mass is 10.2. The van der Waals surface area contributed by atoms with E-state index in [1.165, 1.54) is 25.9 Å². The smallest absolute Gasteiger partial charge is 0.303 e. The van der Waals surface area contributed by atoms with E-state index in [4.69, 9.17) is 5.11 Å². The SMILES string of the molecule is O=C(O)CCC(=O)NCCCCN1CCCC1. The highest BCUT2D eigenvalue weighted by atomic mass is 16.4. The normalized spacial score (nSPS) is 16.0. The molecule has 98 valence electrons. The van der Waals surface area contributed by atoms with Crippen LogP contribution in [-0.4, -0.2) is 48.1 Å². The summed E-state index contributed by atoms with van der Waals surface area (Å²) < 4.78 is 0. The van der Waals surface area contributed by atoms with Gasteiger partial charge >= 0.3 is 5.97 Å². The first kappa shape index (κ1) is 14.0. The van der Waals surface area contributed by atoms with Gasteiger partial charge in [-0.3, -0.25) is 9.59 Å². The lowest BCUT2D eigenvalue weighted by Gasteiger charge is -2.13. The number of amides is 1. The van der Waals surface area contributed by atoms with Gasteiger partial charge in [0.05, 0.1) is 6.42 Å². The van der Waals surface area contributed by atoms with E-state index in [9.17, 15) is 9.59 Å². The molecule has 1 fully saturated rings. The Morgan fingerprint density at radius 3 is 2.47 bits per heavy atom. The summed E-state index contributed by atoms with van der Waals surface area (Å²) in [5.41, 5.74) is 0. The molecule has 17 heavy (non-hydrogen) atoms.